The molecule has 0 aromatic heterocycles. The van der Waals surface area contributed by atoms with E-state index in [1.165, 1.54) is 19.3 Å². The Morgan fingerprint density at radius 2 is 2.27 bits per heavy atom. The highest BCUT2D eigenvalue weighted by molar-refractivity contribution is 4.93. The molecule has 3 heteroatoms. The van der Waals surface area contributed by atoms with Gasteiger partial charge < -0.3 is 14.6 Å². The van der Waals surface area contributed by atoms with Crippen LogP contribution in [0, 0.1) is 5.92 Å². The monoisotopic (exact) mass is 214 g/mol. The molecule has 0 unspecified atom stereocenters. The van der Waals surface area contributed by atoms with Gasteiger partial charge in [-0.25, -0.2) is 0 Å². The zero-order valence-electron chi connectivity index (χ0n) is 9.52. The molecule has 0 saturated carbocycles. The first-order valence-corrected chi connectivity index (χ1v) is 5.85. The summed E-state index contributed by atoms with van der Waals surface area (Å²) in [4.78, 5) is 0. The summed E-state index contributed by atoms with van der Waals surface area (Å²) >= 11 is 0. The maximum absolute atomic E-state index is 9.09. The van der Waals surface area contributed by atoms with Gasteiger partial charge in [0.25, 0.3) is 0 Å². The van der Waals surface area contributed by atoms with Crippen LogP contribution >= 0.6 is 0 Å². The van der Waals surface area contributed by atoms with E-state index in [1.807, 2.05) is 0 Å². The van der Waals surface area contributed by atoms with Crippen molar-refractivity contribution in [2.45, 2.75) is 38.7 Å². The molecule has 15 heavy (non-hydrogen) atoms. The molecule has 1 N–H and O–H groups in total. The Kier molecular flexibility index (Phi) is 6.64. The van der Waals surface area contributed by atoms with Crippen LogP contribution in [0.25, 0.3) is 0 Å². The predicted molar refractivity (Wildman–Crippen MR) is 59.5 cm³/mol. The fourth-order valence-electron chi connectivity index (χ4n) is 1.70. The van der Waals surface area contributed by atoms with Crippen molar-refractivity contribution < 1.29 is 14.6 Å². The SMILES string of the molecule is CCCCC/C=C\[C@H]1COCO[C@@H]1CO. The van der Waals surface area contributed by atoms with Gasteiger partial charge in [0.1, 0.15) is 6.79 Å². The smallest absolute Gasteiger partial charge is 0.147 e. The van der Waals surface area contributed by atoms with Gasteiger partial charge in [-0.15, -0.1) is 0 Å². The van der Waals surface area contributed by atoms with Crippen LogP contribution in [0.2, 0.25) is 0 Å². The second-order valence-corrected chi connectivity index (χ2v) is 3.96. The Bertz CT molecular complexity index is 180. The lowest BCUT2D eigenvalue weighted by molar-refractivity contribution is -0.170. The second-order valence-electron chi connectivity index (χ2n) is 3.96. The van der Waals surface area contributed by atoms with E-state index in [2.05, 4.69) is 19.1 Å². The highest BCUT2D eigenvalue weighted by Gasteiger charge is 2.23. The van der Waals surface area contributed by atoms with E-state index in [0.717, 1.165) is 6.42 Å². The van der Waals surface area contributed by atoms with Crippen molar-refractivity contribution in [1.29, 1.82) is 0 Å². The van der Waals surface area contributed by atoms with Gasteiger partial charge in [0.15, 0.2) is 0 Å². The minimum atomic E-state index is -0.0822. The van der Waals surface area contributed by atoms with E-state index in [0.29, 0.717) is 13.4 Å². The van der Waals surface area contributed by atoms with Crippen molar-refractivity contribution in [2.75, 3.05) is 20.0 Å². The maximum Gasteiger partial charge on any atom is 0.147 e. The van der Waals surface area contributed by atoms with Gasteiger partial charge in [-0.3, -0.25) is 0 Å². The fourth-order valence-corrected chi connectivity index (χ4v) is 1.70. The summed E-state index contributed by atoms with van der Waals surface area (Å²) in [6.07, 6.45) is 9.11. The van der Waals surface area contributed by atoms with Gasteiger partial charge in [0.05, 0.1) is 19.3 Å². The number of aliphatic hydroxyl groups is 1. The van der Waals surface area contributed by atoms with Crippen LogP contribution in [0.4, 0.5) is 0 Å². The Morgan fingerprint density at radius 3 is 3.00 bits per heavy atom. The Hall–Kier alpha value is -0.380. The minimum Gasteiger partial charge on any atom is -0.394 e. The first kappa shape index (κ1) is 12.7. The number of ether oxygens (including phenoxy) is 2. The molecule has 3 nitrogen and oxygen atoms in total. The molecule has 1 aliphatic rings. The number of rotatable bonds is 6. The van der Waals surface area contributed by atoms with Gasteiger partial charge in [-0.05, 0) is 12.8 Å². The standard InChI is InChI=1S/C12H22O3/c1-2-3-4-5-6-7-11-9-14-10-15-12(11)8-13/h6-7,11-13H,2-5,8-10H2,1H3/b7-6-/t11-,12+/m0/s1. The first-order valence-electron chi connectivity index (χ1n) is 5.85. The topological polar surface area (TPSA) is 38.7 Å². The van der Waals surface area contributed by atoms with E-state index in [-0.39, 0.29) is 18.6 Å². The van der Waals surface area contributed by atoms with Crippen LogP contribution in [-0.2, 0) is 9.47 Å². The lowest BCUT2D eigenvalue weighted by atomic mass is 10.0. The number of unbranched alkanes of at least 4 members (excludes halogenated alkanes) is 3. The Labute approximate surface area is 92.1 Å². The van der Waals surface area contributed by atoms with Gasteiger partial charge in [0, 0.05) is 5.92 Å². The summed E-state index contributed by atoms with van der Waals surface area (Å²) in [7, 11) is 0. The van der Waals surface area contributed by atoms with Crippen molar-refractivity contribution in [3.05, 3.63) is 12.2 Å². The second kappa shape index (κ2) is 7.85. The quantitative estimate of drug-likeness (QED) is 0.543. The van der Waals surface area contributed by atoms with Gasteiger partial charge in [-0.1, -0.05) is 31.9 Å². The average molecular weight is 214 g/mol. The molecule has 88 valence electrons. The molecule has 1 fully saturated rings. The third-order valence-electron chi connectivity index (χ3n) is 2.69. The number of hydrogen-bond donors (Lipinski definition) is 1. The normalized spacial score (nSPS) is 27.3. The largest absolute Gasteiger partial charge is 0.394 e. The van der Waals surface area contributed by atoms with Crippen molar-refractivity contribution in [3.63, 3.8) is 0 Å². The lowest BCUT2D eigenvalue weighted by Gasteiger charge is -2.28. The summed E-state index contributed by atoms with van der Waals surface area (Å²) in [5, 5.41) is 9.09. The highest BCUT2D eigenvalue weighted by Crippen LogP contribution is 2.16. The summed E-state index contributed by atoms with van der Waals surface area (Å²) in [5.41, 5.74) is 0. The molecule has 0 spiro atoms. The summed E-state index contributed by atoms with van der Waals surface area (Å²) in [5.74, 6) is 0.213. The highest BCUT2D eigenvalue weighted by atomic mass is 16.7. The molecule has 0 bridgehead atoms. The Balaban J connectivity index is 2.21. The van der Waals surface area contributed by atoms with Crippen molar-refractivity contribution in [2.24, 2.45) is 5.92 Å². The summed E-state index contributed by atoms with van der Waals surface area (Å²) in [6, 6.07) is 0. The van der Waals surface area contributed by atoms with Crippen LogP contribution in [0.15, 0.2) is 12.2 Å². The molecule has 1 rings (SSSR count). The zero-order valence-corrected chi connectivity index (χ0v) is 9.52. The minimum absolute atomic E-state index is 0.0767. The average Bonchev–Trinajstić information content (AvgIpc) is 2.29. The van der Waals surface area contributed by atoms with Crippen molar-refractivity contribution >= 4 is 0 Å². The third kappa shape index (κ3) is 4.78. The maximum atomic E-state index is 9.09. The van der Waals surface area contributed by atoms with E-state index in [4.69, 9.17) is 14.6 Å². The van der Waals surface area contributed by atoms with Gasteiger partial charge >= 0.3 is 0 Å². The fraction of sp³-hybridized carbons (Fsp3) is 0.833. The third-order valence-corrected chi connectivity index (χ3v) is 2.69. The molecular weight excluding hydrogens is 192 g/mol. The molecule has 0 aliphatic carbocycles. The van der Waals surface area contributed by atoms with Crippen LogP contribution in [0.3, 0.4) is 0 Å². The number of hydrogen-bond acceptors (Lipinski definition) is 3. The van der Waals surface area contributed by atoms with E-state index < -0.39 is 0 Å². The molecule has 1 heterocycles. The first-order chi connectivity index (χ1) is 7.38. The van der Waals surface area contributed by atoms with Crippen LogP contribution < -0.4 is 0 Å². The van der Waals surface area contributed by atoms with Crippen LogP contribution in [0.1, 0.15) is 32.6 Å². The van der Waals surface area contributed by atoms with E-state index >= 15 is 0 Å². The van der Waals surface area contributed by atoms with Crippen LogP contribution in [-0.4, -0.2) is 31.2 Å². The van der Waals surface area contributed by atoms with E-state index in [1.54, 1.807) is 0 Å². The molecule has 1 aliphatic heterocycles. The van der Waals surface area contributed by atoms with Gasteiger partial charge in [-0.2, -0.15) is 0 Å². The lowest BCUT2D eigenvalue weighted by Crippen LogP contribution is -2.35. The molecule has 2 atom stereocenters. The predicted octanol–water partition coefficient (Wildman–Crippen LogP) is 2.10. The van der Waals surface area contributed by atoms with Gasteiger partial charge in [0.2, 0.25) is 0 Å². The number of allylic oxidation sites excluding steroid dienone is 1. The van der Waals surface area contributed by atoms with Crippen molar-refractivity contribution in [1.82, 2.24) is 0 Å². The summed E-state index contributed by atoms with van der Waals surface area (Å²) < 4.78 is 10.5. The molecule has 0 aromatic rings. The zero-order chi connectivity index (χ0) is 10.9. The number of aliphatic hydroxyl groups excluding tert-OH is 1. The van der Waals surface area contributed by atoms with E-state index in [9.17, 15) is 0 Å². The molecular formula is C12H22O3. The Morgan fingerprint density at radius 1 is 1.40 bits per heavy atom. The van der Waals surface area contributed by atoms with Crippen molar-refractivity contribution in [3.8, 4) is 0 Å². The molecule has 0 aromatic carbocycles. The van der Waals surface area contributed by atoms with Crippen LogP contribution in [0.5, 0.6) is 0 Å². The molecule has 1 saturated heterocycles. The molecule has 0 amide bonds. The molecule has 0 radical (unpaired) electrons. The summed E-state index contributed by atoms with van der Waals surface area (Å²) in [6.45, 7) is 3.25.